The topological polar surface area (TPSA) is 73.6 Å². The van der Waals surface area contributed by atoms with Crippen molar-refractivity contribution in [3.8, 4) is 0 Å². The molecule has 5 heteroatoms. The van der Waals surface area contributed by atoms with Gasteiger partial charge in [0.05, 0.1) is 13.2 Å². The molecule has 3 N–H and O–H groups in total. The van der Waals surface area contributed by atoms with Gasteiger partial charge < -0.3 is 9.47 Å². The van der Waals surface area contributed by atoms with Gasteiger partial charge in [-0.3, -0.25) is 10.2 Å². The maximum absolute atomic E-state index is 10.4. The van der Waals surface area contributed by atoms with E-state index in [1.54, 1.807) is 7.11 Å². The van der Waals surface area contributed by atoms with Crippen LogP contribution in [0.2, 0.25) is 0 Å². The van der Waals surface area contributed by atoms with Gasteiger partial charge in [-0.2, -0.15) is 0 Å². The smallest absolute Gasteiger partial charge is 0.259 e. The first-order chi connectivity index (χ1) is 4.81. The van der Waals surface area contributed by atoms with E-state index in [4.69, 9.17) is 10.6 Å². The van der Waals surface area contributed by atoms with Gasteiger partial charge in [0, 0.05) is 7.11 Å². The molecule has 5 nitrogen and oxygen atoms in total. The van der Waals surface area contributed by atoms with Crippen LogP contribution in [0.15, 0.2) is 0 Å². The van der Waals surface area contributed by atoms with Crippen LogP contribution >= 0.6 is 0 Å². The average Bonchev–Trinajstić information content (AvgIpc) is 1.98. The number of hydrazine groups is 1. The Morgan fingerprint density at radius 2 is 2.30 bits per heavy atom. The fourth-order valence-electron chi connectivity index (χ4n) is 0.349. The molecule has 0 rings (SSSR count). The van der Waals surface area contributed by atoms with Crippen LogP contribution in [0.25, 0.3) is 0 Å². The van der Waals surface area contributed by atoms with E-state index in [0.717, 1.165) is 0 Å². The molecule has 0 heterocycles. The molecule has 0 aromatic rings. The molecule has 0 saturated carbocycles. The van der Waals surface area contributed by atoms with E-state index >= 15 is 0 Å². The van der Waals surface area contributed by atoms with Gasteiger partial charge in [0.1, 0.15) is 6.61 Å². The van der Waals surface area contributed by atoms with E-state index in [9.17, 15) is 4.79 Å². The van der Waals surface area contributed by atoms with E-state index in [2.05, 4.69) is 4.74 Å². The van der Waals surface area contributed by atoms with Crippen molar-refractivity contribution in [2.75, 3.05) is 26.9 Å². The number of hydrogen-bond acceptors (Lipinski definition) is 4. The van der Waals surface area contributed by atoms with Crippen LogP contribution in [-0.4, -0.2) is 32.8 Å². The highest BCUT2D eigenvalue weighted by Crippen LogP contribution is 1.74. The fraction of sp³-hybridized carbons (Fsp3) is 0.800. The molecule has 0 aromatic carbocycles. The van der Waals surface area contributed by atoms with Crippen molar-refractivity contribution in [2.24, 2.45) is 5.84 Å². The Balaban J connectivity index is 2.96. The Labute approximate surface area is 59.4 Å². The van der Waals surface area contributed by atoms with Crippen molar-refractivity contribution in [2.45, 2.75) is 0 Å². The molecule has 0 atom stereocenters. The molecule has 0 radical (unpaired) electrons. The molecule has 0 fully saturated rings. The largest absolute Gasteiger partial charge is 0.382 e. The number of nitrogens with two attached hydrogens (primary N) is 1. The van der Waals surface area contributed by atoms with Crippen molar-refractivity contribution < 1.29 is 14.3 Å². The van der Waals surface area contributed by atoms with Crippen LogP contribution in [0.3, 0.4) is 0 Å². The molecular weight excluding hydrogens is 136 g/mol. The van der Waals surface area contributed by atoms with Crippen LogP contribution in [0.5, 0.6) is 0 Å². The number of carbonyl (C=O) groups excluding carboxylic acids is 1. The Bertz CT molecular complexity index is 96.9. The number of nitrogens with one attached hydrogen (secondary N) is 1. The molecule has 0 saturated heterocycles. The van der Waals surface area contributed by atoms with E-state index in [0.29, 0.717) is 13.2 Å². The number of hydrogen-bond donors (Lipinski definition) is 2. The zero-order chi connectivity index (χ0) is 7.82. The van der Waals surface area contributed by atoms with Crippen LogP contribution < -0.4 is 11.3 Å². The molecule has 60 valence electrons. The molecule has 0 aliphatic rings. The number of rotatable bonds is 5. The predicted octanol–water partition coefficient (Wildman–Crippen LogP) is -1.36. The van der Waals surface area contributed by atoms with Gasteiger partial charge >= 0.3 is 0 Å². The van der Waals surface area contributed by atoms with Crippen molar-refractivity contribution in [3.05, 3.63) is 0 Å². The van der Waals surface area contributed by atoms with E-state index in [-0.39, 0.29) is 12.5 Å². The SMILES string of the molecule is COCCOCC(=O)NN. The second-order valence-corrected chi connectivity index (χ2v) is 1.61. The van der Waals surface area contributed by atoms with E-state index in [1.807, 2.05) is 5.43 Å². The van der Waals surface area contributed by atoms with Crippen LogP contribution in [0.4, 0.5) is 0 Å². The molecule has 0 spiro atoms. The molecular formula is C5H12N2O3. The van der Waals surface area contributed by atoms with Gasteiger partial charge in [-0.15, -0.1) is 0 Å². The first-order valence-electron chi connectivity index (χ1n) is 2.87. The predicted molar refractivity (Wildman–Crippen MR) is 35.0 cm³/mol. The van der Waals surface area contributed by atoms with E-state index < -0.39 is 0 Å². The monoisotopic (exact) mass is 148 g/mol. The van der Waals surface area contributed by atoms with E-state index in [1.165, 1.54) is 0 Å². The van der Waals surface area contributed by atoms with Gasteiger partial charge in [0.2, 0.25) is 0 Å². The van der Waals surface area contributed by atoms with Crippen LogP contribution in [-0.2, 0) is 14.3 Å². The third kappa shape index (κ3) is 5.49. The lowest BCUT2D eigenvalue weighted by Crippen LogP contribution is -2.33. The summed E-state index contributed by atoms with van der Waals surface area (Å²) in [5.41, 5.74) is 1.94. The zero-order valence-corrected chi connectivity index (χ0v) is 5.92. The lowest BCUT2D eigenvalue weighted by molar-refractivity contribution is -0.126. The molecule has 0 aliphatic carbocycles. The quantitative estimate of drug-likeness (QED) is 0.218. The average molecular weight is 148 g/mol. The zero-order valence-electron chi connectivity index (χ0n) is 5.92. The second-order valence-electron chi connectivity index (χ2n) is 1.61. The minimum absolute atomic E-state index is 0.0140. The normalized spacial score (nSPS) is 9.40. The first kappa shape index (κ1) is 9.35. The lowest BCUT2D eigenvalue weighted by atomic mass is 10.6. The van der Waals surface area contributed by atoms with Gasteiger partial charge in [0.25, 0.3) is 5.91 Å². The molecule has 10 heavy (non-hydrogen) atoms. The summed E-state index contributed by atoms with van der Waals surface area (Å²) >= 11 is 0. The van der Waals surface area contributed by atoms with Gasteiger partial charge in [-0.25, -0.2) is 5.84 Å². The third-order valence-corrected chi connectivity index (χ3v) is 0.826. The summed E-state index contributed by atoms with van der Waals surface area (Å²) in [4.78, 5) is 10.4. The Hall–Kier alpha value is -0.650. The third-order valence-electron chi connectivity index (χ3n) is 0.826. The highest BCUT2D eigenvalue weighted by atomic mass is 16.5. The molecule has 0 bridgehead atoms. The lowest BCUT2D eigenvalue weighted by Gasteiger charge is -2.00. The number of carbonyl (C=O) groups is 1. The summed E-state index contributed by atoms with van der Waals surface area (Å²) < 4.78 is 9.48. The molecule has 0 unspecified atom stereocenters. The van der Waals surface area contributed by atoms with Crippen molar-refractivity contribution in [1.29, 1.82) is 0 Å². The maximum atomic E-state index is 10.4. The Morgan fingerprint density at radius 3 is 2.80 bits per heavy atom. The van der Waals surface area contributed by atoms with Crippen molar-refractivity contribution in [3.63, 3.8) is 0 Å². The first-order valence-corrected chi connectivity index (χ1v) is 2.87. The summed E-state index contributed by atoms with van der Waals surface area (Å²) in [5.74, 6) is 4.44. The summed E-state index contributed by atoms with van der Waals surface area (Å²) in [5, 5.41) is 0. The minimum Gasteiger partial charge on any atom is -0.382 e. The van der Waals surface area contributed by atoms with Crippen molar-refractivity contribution in [1.82, 2.24) is 5.43 Å². The van der Waals surface area contributed by atoms with Gasteiger partial charge in [-0.05, 0) is 0 Å². The van der Waals surface area contributed by atoms with Gasteiger partial charge in [0.15, 0.2) is 0 Å². The highest BCUT2D eigenvalue weighted by Gasteiger charge is 1.95. The Kier molecular flexibility index (Phi) is 6.05. The van der Waals surface area contributed by atoms with Crippen LogP contribution in [0.1, 0.15) is 0 Å². The van der Waals surface area contributed by atoms with Gasteiger partial charge in [-0.1, -0.05) is 0 Å². The highest BCUT2D eigenvalue weighted by molar-refractivity contribution is 5.76. The number of ether oxygens (including phenoxy) is 2. The van der Waals surface area contributed by atoms with Crippen LogP contribution in [0, 0.1) is 0 Å². The maximum Gasteiger partial charge on any atom is 0.259 e. The summed E-state index contributed by atoms with van der Waals surface area (Å²) in [6.07, 6.45) is 0. The molecule has 0 aromatic heterocycles. The number of amides is 1. The summed E-state index contributed by atoms with van der Waals surface area (Å²) in [6, 6.07) is 0. The Morgan fingerprint density at radius 1 is 1.60 bits per heavy atom. The van der Waals surface area contributed by atoms with Crippen molar-refractivity contribution >= 4 is 5.91 Å². The summed E-state index contributed by atoms with van der Waals surface area (Å²) in [6.45, 7) is 0.877. The second kappa shape index (κ2) is 6.47. The molecule has 1 amide bonds. The molecule has 0 aliphatic heterocycles. The minimum atomic E-state index is -0.337. The summed E-state index contributed by atoms with van der Waals surface area (Å²) in [7, 11) is 1.56. The number of methoxy groups -OCH3 is 1. The fourth-order valence-corrected chi connectivity index (χ4v) is 0.349. The standard InChI is InChI=1S/C5H12N2O3/c1-9-2-3-10-4-5(8)7-6/h2-4,6H2,1H3,(H,7,8).